The van der Waals surface area contributed by atoms with Crippen LogP contribution in [0, 0.1) is 0 Å². The molecule has 0 aliphatic carbocycles. The molecule has 162 valence electrons. The van der Waals surface area contributed by atoms with Gasteiger partial charge in [-0.3, -0.25) is 4.79 Å². The lowest BCUT2D eigenvalue weighted by molar-refractivity contribution is 0.251. The predicted octanol–water partition coefficient (Wildman–Crippen LogP) is 5.81. The predicted molar refractivity (Wildman–Crippen MR) is 135 cm³/mol. The van der Waals surface area contributed by atoms with Crippen molar-refractivity contribution in [2.45, 2.75) is 18.9 Å². The molecule has 1 aromatic heterocycles. The first kappa shape index (κ1) is 25.0. The highest BCUT2D eigenvalue weighted by atomic mass is 79.9. The highest BCUT2D eigenvalue weighted by Crippen LogP contribution is 2.40. The minimum atomic E-state index is 0. The summed E-state index contributed by atoms with van der Waals surface area (Å²) in [7, 11) is 0. The van der Waals surface area contributed by atoms with E-state index < -0.39 is 0 Å². The van der Waals surface area contributed by atoms with Gasteiger partial charge in [-0.05, 0) is 53.2 Å². The number of aromatic amines is 1. The Hall–Kier alpha value is -1.25. The first-order valence-electron chi connectivity index (χ1n) is 9.33. The highest BCUT2D eigenvalue weighted by Gasteiger charge is 2.23. The molecule has 0 spiro atoms. The zero-order chi connectivity index (χ0) is 19.5. The molecule has 1 aliphatic rings. The van der Waals surface area contributed by atoms with E-state index in [1.807, 2.05) is 30.3 Å². The Kier molecular flexibility index (Phi) is 9.50. The van der Waals surface area contributed by atoms with Crippen LogP contribution in [0.3, 0.4) is 0 Å². The second-order valence-corrected chi connectivity index (χ2v) is 8.59. The van der Waals surface area contributed by atoms with Crippen molar-refractivity contribution in [3.63, 3.8) is 0 Å². The number of H-pyrrole nitrogens is 1. The molecule has 0 amide bonds. The van der Waals surface area contributed by atoms with E-state index in [1.54, 1.807) is 6.07 Å². The number of hydrogen-bond donors (Lipinski definition) is 3. The fourth-order valence-corrected chi connectivity index (χ4v) is 4.89. The van der Waals surface area contributed by atoms with E-state index in [1.165, 1.54) is 5.56 Å². The molecule has 0 saturated carbocycles. The van der Waals surface area contributed by atoms with Crippen LogP contribution in [0.2, 0.25) is 0 Å². The quantitative estimate of drug-likeness (QED) is 0.322. The Morgan fingerprint density at radius 3 is 2.73 bits per heavy atom. The SMILES string of the molecule is Cl.Cl.O=c1cc(NCCCN[C@@H]2CCOc3c(Br)cc(Br)cc32)[nH]c2ccccc12. The number of anilines is 1. The van der Waals surface area contributed by atoms with E-state index in [-0.39, 0.29) is 36.3 Å². The largest absolute Gasteiger partial charge is 0.492 e. The molecule has 5 nitrogen and oxygen atoms in total. The lowest BCUT2D eigenvalue weighted by Crippen LogP contribution is -2.29. The van der Waals surface area contributed by atoms with E-state index in [9.17, 15) is 4.79 Å². The average Bonchev–Trinajstić information content (AvgIpc) is 2.68. The van der Waals surface area contributed by atoms with E-state index >= 15 is 0 Å². The summed E-state index contributed by atoms with van der Waals surface area (Å²) in [6, 6.07) is 13.6. The van der Waals surface area contributed by atoms with Crippen LogP contribution in [0.25, 0.3) is 10.9 Å². The fourth-order valence-electron chi connectivity index (χ4n) is 3.52. The monoisotopic (exact) mass is 577 g/mol. The van der Waals surface area contributed by atoms with Gasteiger partial charge in [-0.25, -0.2) is 0 Å². The Labute approximate surface area is 204 Å². The highest BCUT2D eigenvalue weighted by molar-refractivity contribution is 9.11. The third kappa shape index (κ3) is 5.71. The van der Waals surface area contributed by atoms with Gasteiger partial charge in [0.15, 0.2) is 5.43 Å². The number of rotatable bonds is 6. The first-order chi connectivity index (χ1) is 13.6. The minimum absolute atomic E-state index is 0. The molecule has 2 heterocycles. The van der Waals surface area contributed by atoms with Gasteiger partial charge in [-0.1, -0.05) is 28.1 Å². The third-order valence-electron chi connectivity index (χ3n) is 4.86. The van der Waals surface area contributed by atoms with Crippen molar-refractivity contribution in [3.8, 4) is 5.75 Å². The summed E-state index contributed by atoms with van der Waals surface area (Å²) in [5.74, 6) is 1.69. The van der Waals surface area contributed by atoms with Crippen molar-refractivity contribution >= 4 is 73.4 Å². The molecule has 3 aromatic rings. The van der Waals surface area contributed by atoms with E-state index in [2.05, 4.69) is 53.5 Å². The van der Waals surface area contributed by atoms with E-state index in [4.69, 9.17) is 4.74 Å². The second kappa shape index (κ2) is 11.4. The number of fused-ring (bicyclic) bond motifs is 2. The van der Waals surface area contributed by atoms with Gasteiger partial charge in [-0.15, -0.1) is 24.8 Å². The number of para-hydroxylation sites is 1. The van der Waals surface area contributed by atoms with Gasteiger partial charge in [0.25, 0.3) is 0 Å². The van der Waals surface area contributed by atoms with Gasteiger partial charge in [0.1, 0.15) is 11.6 Å². The average molecular weight is 580 g/mol. The van der Waals surface area contributed by atoms with Crippen LogP contribution < -0.4 is 20.8 Å². The Balaban J connectivity index is 0.00000160. The maximum atomic E-state index is 12.2. The Morgan fingerprint density at radius 1 is 1.10 bits per heavy atom. The molecule has 0 fully saturated rings. The van der Waals surface area contributed by atoms with Crippen LogP contribution >= 0.6 is 56.7 Å². The van der Waals surface area contributed by atoms with Crippen LogP contribution in [-0.2, 0) is 0 Å². The van der Waals surface area contributed by atoms with Crippen LogP contribution in [0.1, 0.15) is 24.4 Å². The first-order valence-corrected chi connectivity index (χ1v) is 10.9. The van der Waals surface area contributed by atoms with Crippen molar-refractivity contribution in [1.29, 1.82) is 0 Å². The number of ether oxygens (including phenoxy) is 1. The summed E-state index contributed by atoms with van der Waals surface area (Å²) in [4.78, 5) is 15.4. The van der Waals surface area contributed by atoms with Gasteiger partial charge < -0.3 is 20.4 Å². The summed E-state index contributed by atoms with van der Waals surface area (Å²) < 4.78 is 7.83. The molecule has 0 bridgehead atoms. The van der Waals surface area contributed by atoms with Gasteiger partial charge in [0.05, 0.1) is 16.6 Å². The van der Waals surface area contributed by atoms with Crippen molar-refractivity contribution in [3.05, 3.63) is 67.2 Å². The van der Waals surface area contributed by atoms with Crippen molar-refractivity contribution in [2.75, 3.05) is 25.0 Å². The smallest absolute Gasteiger partial charge is 0.191 e. The summed E-state index contributed by atoms with van der Waals surface area (Å²) in [6.45, 7) is 2.36. The Morgan fingerprint density at radius 2 is 1.90 bits per heavy atom. The maximum Gasteiger partial charge on any atom is 0.191 e. The molecule has 1 aliphatic heterocycles. The van der Waals surface area contributed by atoms with Crippen LogP contribution in [0.5, 0.6) is 5.75 Å². The van der Waals surface area contributed by atoms with Crippen LogP contribution in [0.4, 0.5) is 5.82 Å². The molecule has 0 radical (unpaired) electrons. The molecule has 3 N–H and O–H groups in total. The molecular formula is C21H23Br2Cl2N3O2. The molecule has 0 unspecified atom stereocenters. The lowest BCUT2D eigenvalue weighted by atomic mass is 10.0. The standard InChI is InChI=1S/C21H21Br2N3O2.2ClH/c22-13-10-15-17(6-9-28-21(15)16(23)11-13)24-7-3-8-25-20-12-19(27)14-4-1-2-5-18(14)26-20;;/h1-2,4-5,10-12,17,24H,3,6-9H2,(H2,25,26,27);2*1H/t17-;;/m1../s1. The normalized spacial score (nSPS) is 14.8. The lowest BCUT2D eigenvalue weighted by Gasteiger charge is -2.28. The van der Waals surface area contributed by atoms with Crippen LogP contribution in [0.15, 0.2) is 56.2 Å². The van der Waals surface area contributed by atoms with Crippen LogP contribution in [-0.4, -0.2) is 24.7 Å². The fraction of sp³-hybridized carbons (Fsp3) is 0.286. The van der Waals surface area contributed by atoms with Gasteiger partial charge in [0, 0.05) is 40.5 Å². The molecule has 1 atom stereocenters. The number of hydrogen-bond acceptors (Lipinski definition) is 4. The van der Waals surface area contributed by atoms with E-state index in [0.29, 0.717) is 12.0 Å². The summed E-state index contributed by atoms with van der Waals surface area (Å²) in [5.41, 5.74) is 2.06. The zero-order valence-electron chi connectivity index (χ0n) is 16.0. The molecular weight excluding hydrogens is 557 g/mol. The van der Waals surface area contributed by atoms with Crippen molar-refractivity contribution in [1.82, 2.24) is 10.3 Å². The molecule has 9 heteroatoms. The van der Waals surface area contributed by atoms with Crippen molar-refractivity contribution < 1.29 is 4.74 Å². The maximum absolute atomic E-state index is 12.2. The second-order valence-electron chi connectivity index (χ2n) is 6.82. The molecule has 0 saturated heterocycles. The number of halogens is 4. The Bertz CT molecular complexity index is 1060. The number of nitrogens with one attached hydrogen (secondary N) is 3. The third-order valence-corrected chi connectivity index (χ3v) is 5.91. The van der Waals surface area contributed by atoms with Gasteiger partial charge in [0.2, 0.25) is 0 Å². The molecule has 30 heavy (non-hydrogen) atoms. The zero-order valence-corrected chi connectivity index (χ0v) is 20.8. The summed E-state index contributed by atoms with van der Waals surface area (Å²) in [6.07, 6.45) is 1.89. The summed E-state index contributed by atoms with van der Waals surface area (Å²) in [5, 5.41) is 7.66. The molecule has 4 rings (SSSR count). The molecule has 2 aromatic carbocycles. The van der Waals surface area contributed by atoms with Crippen molar-refractivity contribution in [2.24, 2.45) is 0 Å². The van der Waals surface area contributed by atoms with Gasteiger partial charge in [-0.2, -0.15) is 0 Å². The number of pyridine rings is 1. The topological polar surface area (TPSA) is 66.2 Å². The number of benzene rings is 2. The summed E-state index contributed by atoms with van der Waals surface area (Å²) >= 11 is 7.14. The minimum Gasteiger partial charge on any atom is -0.492 e. The van der Waals surface area contributed by atoms with E-state index in [0.717, 1.165) is 52.0 Å². The van der Waals surface area contributed by atoms with Gasteiger partial charge >= 0.3 is 0 Å². The number of aromatic nitrogens is 1.